The molecule has 2 aliphatic heterocycles. The molecule has 2 aromatic heterocycles. The summed E-state index contributed by atoms with van der Waals surface area (Å²) in [5, 5.41) is 6.85. The second-order valence-corrected chi connectivity index (χ2v) is 6.47. The fourth-order valence-electron chi connectivity index (χ4n) is 3.69. The van der Waals surface area contributed by atoms with Gasteiger partial charge in [-0.2, -0.15) is 5.10 Å². The molecule has 0 radical (unpaired) electrons. The molecule has 1 atom stereocenters. The topological polar surface area (TPSA) is 78.0 Å². The lowest BCUT2D eigenvalue weighted by molar-refractivity contribution is 0.0594. The minimum absolute atomic E-state index is 0.0165. The molecule has 7 heteroatoms. The number of rotatable bonds is 3. The number of hydrogen-bond donors (Lipinski definition) is 1. The number of hydrogen-bond acceptors (Lipinski definition) is 5. The van der Waals surface area contributed by atoms with Crippen molar-refractivity contribution in [2.24, 2.45) is 0 Å². The van der Waals surface area contributed by atoms with Crippen LogP contribution in [-0.4, -0.2) is 50.6 Å². The number of carbonyl (C=O) groups excluding carboxylic acids is 1. The van der Waals surface area contributed by atoms with Gasteiger partial charge in [0, 0.05) is 31.5 Å². The Morgan fingerprint density at radius 2 is 1.96 bits per heavy atom. The Bertz CT molecular complexity index is 695. The first-order valence-corrected chi connectivity index (χ1v) is 8.70. The third-order valence-electron chi connectivity index (χ3n) is 4.95. The minimum Gasteiger partial charge on any atom is -0.371 e. The highest BCUT2D eigenvalue weighted by atomic mass is 16.2. The Hall–Kier alpha value is -2.44. The molecule has 2 saturated heterocycles. The van der Waals surface area contributed by atoms with E-state index in [0.29, 0.717) is 5.69 Å². The van der Waals surface area contributed by atoms with Crippen molar-refractivity contribution in [3.05, 3.63) is 36.2 Å². The van der Waals surface area contributed by atoms with Crippen LogP contribution in [0.1, 0.15) is 54.5 Å². The van der Waals surface area contributed by atoms with Crippen LogP contribution in [0.15, 0.2) is 24.7 Å². The second kappa shape index (κ2) is 6.59. The SMILES string of the molecule is O=C(c1cc(N2CCCC2)ccn1)N1CCCC[C@H]1c1ncn[nH]1. The molecule has 0 bridgehead atoms. The summed E-state index contributed by atoms with van der Waals surface area (Å²) in [6.45, 7) is 2.85. The van der Waals surface area contributed by atoms with Crippen LogP contribution in [0.4, 0.5) is 5.69 Å². The van der Waals surface area contributed by atoms with Crippen LogP contribution in [0.2, 0.25) is 0 Å². The van der Waals surface area contributed by atoms with Gasteiger partial charge < -0.3 is 9.80 Å². The van der Waals surface area contributed by atoms with E-state index in [1.54, 1.807) is 6.20 Å². The van der Waals surface area contributed by atoms with E-state index in [4.69, 9.17) is 0 Å². The standard InChI is InChI=1S/C17H22N6O/c24-17(14-11-13(6-7-18-14)22-8-3-4-9-22)23-10-2-1-5-15(23)16-19-12-20-21-16/h6-7,11-12,15H,1-5,8-10H2,(H,19,20,21)/t15-/m0/s1. The molecule has 126 valence electrons. The fraction of sp³-hybridized carbons (Fsp3) is 0.529. The molecule has 2 aliphatic rings. The maximum absolute atomic E-state index is 13.1. The van der Waals surface area contributed by atoms with Crippen molar-refractivity contribution in [2.75, 3.05) is 24.5 Å². The molecule has 0 saturated carbocycles. The molecule has 0 unspecified atom stereocenters. The predicted octanol–water partition coefficient (Wildman–Crippen LogP) is 2.17. The van der Waals surface area contributed by atoms with Crippen molar-refractivity contribution < 1.29 is 4.79 Å². The summed E-state index contributed by atoms with van der Waals surface area (Å²) >= 11 is 0. The number of nitrogens with zero attached hydrogens (tertiary/aromatic N) is 5. The number of piperidine rings is 1. The summed E-state index contributed by atoms with van der Waals surface area (Å²) in [5.41, 5.74) is 1.62. The van der Waals surface area contributed by atoms with E-state index in [9.17, 15) is 4.79 Å². The first-order chi connectivity index (χ1) is 11.8. The van der Waals surface area contributed by atoms with Crippen LogP contribution in [0.5, 0.6) is 0 Å². The quantitative estimate of drug-likeness (QED) is 0.935. The molecule has 7 nitrogen and oxygen atoms in total. The predicted molar refractivity (Wildman–Crippen MR) is 89.7 cm³/mol. The van der Waals surface area contributed by atoms with E-state index in [1.807, 2.05) is 17.0 Å². The number of H-pyrrole nitrogens is 1. The lowest BCUT2D eigenvalue weighted by atomic mass is 10.0. The minimum atomic E-state index is -0.0361. The van der Waals surface area contributed by atoms with Gasteiger partial charge in [0.05, 0.1) is 6.04 Å². The van der Waals surface area contributed by atoms with Crippen LogP contribution in [0, 0.1) is 0 Å². The maximum Gasteiger partial charge on any atom is 0.273 e. The van der Waals surface area contributed by atoms with Crippen molar-refractivity contribution in [1.82, 2.24) is 25.1 Å². The summed E-state index contributed by atoms with van der Waals surface area (Å²) in [4.78, 5) is 25.9. The number of likely N-dealkylation sites (tertiary alicyclic amines) is 1. The Morgan fingerprint density at radius 3 is 2.75 bits per heavy atom. The van der Waals surface area contributed by atoms with Gasteiger partial charge in [0.1, 0.15) is 17.8 Å². The van der Waals surface area contributed by atoms with E-state index < -0.39 is 0 Å². The molecule has 4 rings (SSSR count). The first kappa shape index (κ1) is 15.1. The molecule has 0 aromatic carbocycles. The van der Waals surface area contributed by atoms with Crippen LogP contribution in [0.3, 0.4) is 0 Å². The molecular weight excluding hydrogens is 304 g/mol. The number of amides is 1. The van der Waals surface area contributed by atoms with Crippen molar-refractivity contribution in [3.63, 3.8) is 0 Å². The van der Waals surface area contributed by atoms with E-state index in [0.717, 1.165) is 50.4 Å². The van der Waals surface area contributed by atoms with Gasteiger partial charge in [-0.05, 0) is 44.2 Å². The number of aromatic nitrogens is 4. The molecule has 24 heavy (non-hydrogen) atoms. The zero-order valence-electron chi connectivity index (χ0n) is 13.7. The van der Waals surface area contributed by atoms with Crippen LogP contribution in [0.25, 0.3) is 0 Å². The van der Waals surface area contributed by atoms with E-state index >= 15 is 0 Å². The number of aromatic amines is 1. The molecule has 0 spiro atoms. The fourth-order valence-corrected chi connectivity index (χ4v) is 3.69. The highest BCUT2D eigenvalue weighted by Crippen LogP contribution is 2.30. The summed E-state index contributed by atoms with van der Waals surface area (Å²) < 4.78 is 0. The van der Waals surface area contributed by atoms with E-state index in [1.165, 1.54) is 19.2 Å². The van der Waals surface area contributed by atoms with Gasteiger partial charge in [-0.3, -0.25) is 14.9 Å². The lowest BCUT2D eigenvalue weighted by Crippen LogP contribution is -2.39. The largest absolute Gasteiger partial charge is 0.371 e. The highest BCUT2D eigenvalue weighted by Gasteiger charge is 2.31. The molecule has 0 aliphatic carbocycles. The average molecular weight is 326 g/mol. The first-order valence-electron chi connectivity index (χ1n) is 8.70. The summed E-state index contributed by atoms with van der Waals surface area (Å²) in [5.74, 6) is 0.746. The molecular formula is C17H22N6O. The van der Waals surface area contributed by atoms with Crippen molar-refractivity contribution >= 4 is 11.6 Å². The Morgan fingerprint density at radius 1 is 1.12 bits per heavy atom. The number of pyridine rings is 1. The van der Waals surface area contributed by atoms with Crippen LogP contribution < -0.4 is 4.90 Å². The van der Waals surface area contributed by atoms with Crippen molar-refractivity contribution in [2.45, 2.75) is 38.1 Å². The second-order valence-electron chi connectivity index (χ2n) is 6.47. The smallest absolute Gasteiger partial charge is 0.273 e. The van der Waals surface area contributed by atoms with Crippen molar-refractivity contribution in [3.8, 4) is 0 Å². The Kier molecular flexibility index (Phi) is 4.15. The van der Waals surface area contributed by atoms with Gasteiger partial charge >= 0.3 is 0 Å². The number of nitrogens with one attached hydrogen (secondary N) is 1. The van der Waals surface area contributed by atoms with Gasteiger partial charge in [0.2, 0.25) is 0 Å². The zero-order valence-corrected chi connectivity index (χ0v) is 13.7. The normalized spacial score (nSPS) is 21.2. The van der Waals surface area contributed by atoms with Gasteiger partial charge in [-0.25, -0.2) is 4.98 Å². The molecule has 2 aromatic rings. The molecule has 1 N–H and O–H groups in total. The zero-order chi connectivity index (χ0) is 16.4. The Labute approximate surface area is 141 Å². The lowest BCUT2D eigenvalue weighted by Gasteiger charge is -2.34. The number of carbonyl (C=O) groups is 1. The van der Waals surface area contributed by atoms with Crippen LogP contribution in [-0.2, 0) is 0 Å². The third kappa shape index (κ3) is 2.86. The molecule has 2 fully saturated rings. The highest BCUT2D eigenvalue weighted by molar-refractivity contribution is 5.93. The average Bonchev–Trinajstić information content (AvgIpc) is 3.35. The van der Waals surface area contributed by atoms with Crippen molar-refractivity contribution in [1.29, 1.82) is 0 Å². The van der Waals surface area contributed by atoms with Gasteiger partial charge in [-0.1, -0.05) is 0 Å². The third-order valence-corrected chi connectivity index (χ3v) is 4.95. The van der Waals surface area contributed by atoms with Gasteiger partial charge in [0.15, 0.2) is 0 Å². The molecule has 4 heterocycles. The number of anilines is 1. The van der Waals surface area contributed by atoms with Gasteiger partial charge in [0.25, 0.3) is 5.91 Å². The van der Waals surface area contributed by atoms with Crippen LogP contribution >= 0.6 is 0 Å². The maximum atomic E-state index is 13.1. The van der Waals surface area contributed by atoms with E-state index in [2.05, 4.69) is 25.1 Å². The Balaban J connectivity index is 1.58. The monoisotopic (exact) mass is 326 g/mol. The summed E-state index contributed by atoms with van der Waals surface area (Å²) in [6.07, 6.45) is 8.69. The summed E-state index contributed by atoms with van der Waals surface area (Å²) in [6, 6.07) is 3.89. The molecule has 1 amide bonds. The van der Waals surface area contributed by atoms with E-state index in [-0.39, 0.29) is 11.9 Å². The van der Waals surface area contributed by atoms with Gasteiger partial charge in [-0.15, -0.1) is 0 Å². The summed E-state index contributed by atoms with van der Waals surface area (Å²) in [7, 11) is 0.